The van der Waals surface area contributed by atoms with Gasteiger partial charge in [-0.05, 0) is 48.2 Å². The van der Waals surface area contributed by atoms with E-state index in [9.17, 15) is 4.79 Å². The van der Waals surface area contributed by atoms with Crippen LogP contribution in [0.5, 0.6) is 0 Å². The van der Waals surface area contributed by atoms with Crippen molar-refractivity contribution < 1.29 is 4.79 Å². The molecule has 3 heteroatoms. The lowest BCUT2D eigenvalue weighted by Gasteiger charge is -2.07. The first kappa shape index (κ1) is 15.3. The van der Waals surface area contributed by atoms with Crippen LogP contribution in [0.1, 0.15) is 34.0 Å². The smallest absolute Gasteiger partial charge is 0.251 e. The van der Waals surface area contributed by atoms with Crippen LogP contribution < -0.4 is 11.1 Å². The Balaban J connectivity index is 1.90. The van der Waals surface area contributed by atoms with E-state index in [1.165, 1.54) is 11.1 Å². The van der Waals surface area contributed by atoms with Gasteiger partial charge in [0.2, 0.25) is 0 Å². The van der Waals surface area contributed by atoms with E-state index < -0.39 is 0 Å². The van der Waals surface area contributed by atoms with Crippen LogP contribution in [0.4, 0.5) is 0 Å². The molecule has 0 saturated carbocycles. The molecule has 3 N–H and O–H groups in total. The number of carbonyl (C=O) groups excluding carboxylic acids is 1. The van der Waals surface area contributed by atoms with E-state index in [0.29, 0.717) is 18.7 Å². The number of benzene rings is 2. The maximum Gasteiger partial charge on any atom is 0.251 e. The molecule has 1 amide bonds. The third-order valence-corrected chi connectivity index (χ3v) is 3.53. The summed E-state index contributed by atoms with van der Waals surface area (Å²) in [5, 5.41) is 2.94. The molecule has 0 heterocycles. The summed E-state index contributed by atoms with van der Waals surface area (Å²) in [6.07, 6.45) is 1.87. The van der Waals surface area contributed by atoms with Crippen molar-refractivity contribution in [1.29, 1.82) is 0 Å². The van der Waals surface area contributed by atoms with Gasteiger partial charge in [-0.2, -0.15) is 0 Å². The first-order valence-corrected chi connectivity index (χ1v) is 7.38. The molecular weight excluding hydrogens is 260 g/mol. The number of rotatable bonds is 6. The van der Waals surface area contributed by atoms with Crippen LogP contribution in [-0.4, -0.2) is 12.5 Å². The van der Waals surface area contributed by atoms with Crippen molar-refractivity contribution in [1.82, 2.24) is 5.32 Å². The highest BCUT2D eigenvalue weighted by Crippen LogP contribution is 2.07. The fourth-order valence-corrected chi connectivity index (χ4v) is 2.17. The van der Waals surface area contributed by atoms with Gasteiger partial charge in [-0.1, -0.05) is 43.3 Å². The van der Waals surface area contributed by atoms with Crippen LogP contribution in [0, 0.1) is 0 Å². The van der Waals surface area contributed by atoms with Crippen molar-refractivity contribution in [2.45, 2.75) is 26.3 Å². The highest BCUT2D eigenvalue weighted by molar-refractivity contribution is 5.94. The summed E-state index contributed by atoms with van der Waals surface area (Å²) in [5.41, 5.74) is 9.78. The van der Waals surface area contributed by atoms with Gasteiger partial charge in [-0.15, -0.1) is 0 Å². The van der Waals surface area contributed by atoms with Crippen molar-refractivity contribution in [3.05, 3.63) is 70.8 Å². The lowest BCUT2D eigenvalue weighted by atomic mass is 10.1. The molecule has 0 radical (unpaired) electrons. The molecule has 0 aliphatic carbocycles. The van der Waals surface area contributed by atoms with Gasteiger partial charge in [0.15, 0.2) is 0 Å². The summed E-state index contributed by atoms with van der Waals surface area (Å²) in [5.74, 6) is -0.0383. The quantitative estimate of drug-likeness (QED) is 0.856. The van der Waals surface area contributed by atoms with Gasteiger partial charge >= 0.3 is 0 Å². The summed E-state index contributed by atoms with van der Waals surface area (Å²) in [6, 6.07) is 15.9. The van der Waals surface area contributed by atoms with E-state index in [0.717, 1.165) is 18.4 Å². The van der Waals surface area contributed by atoms with E-state index in [2.05, 4.69) is 24.4 Å². The molecule has 0 unspecified atom stereocenters. The van der Waals surface area contributed by atoms with Crippen LogP contribution in [-0.2, 0) is 19.4 Å². The van der Waals surface area contributed by atoms with E-state index in [1.54, 1.807) is 0 Å². The molecule has 110 valence electrons. The molecular formula is C18H22N2O. The lowest BCUT2D eigenvalue weighted by molar-refractivity contribution is 0.0951. The van der Waals surface area contributed by atoms with Gasteiger partial charge in [0.05, 0.1) is 0 Å². The second-order valence-electron chi connectivity index (χ2n) is 5.09. The molecule has 3 nitrogen and oxygen atoms in total. The van der Waals surface area contributed by atoms with Crippen LogP contribution >= 0.6 is 0 Å². The zero-order valence-electron chi connectivity index (χ0n) is 12.4. The molecule has 2 rings (SSSR count). The molecule has 0 fully saturated rings. The predicted octanol–water partition coefficient (Wildman–Crippen LogP) is 2.68. The number of aryl methyl sites for hydroxylation is 1. The minimum absolute atomic E-state index is 0.0383. The monoisotopic (exact) mass is 282 g/mol. The Kier molecular flexibility index (Phi) is 5.52. The molecule has 21 heavy (non-hydrogen) atoms. The number of nitrogens with one attached hydrogen (secondary N) is 1. The Bertz CT molecular complexity index is 573. The highest BCUT2D eigenvalue weighted by atomic mass is 16.1. The van der Waals surface area contributed by atoms with E-state index in [-0.39, 0.29) is 5.91 Å². The van der Waals surface area contributed by atoms with Crippen LogP contribution in [0.15, 0.2) is 48.5 Å². The Morgan fingerprint density at radius 2 is 1.52 bits per heavy atom. The number of hydrogen-bond donors (Lipinski definition) is 2. The zero-order chi connectivity index (χ0) is 15.1. The van der Waals surface area contributed by atoms with E-state index >= 15 is 0 Å². The van der Waals surface area contributed by atoms with Gasteiger partial charge in [0, 0.05) is 12.1 Å². The minimum Gasteiger partial charge on any atom is -0.348 e. The van der Waals surface area contributed by atoms with Gasteiger partial charge in [0.1, 0.15) is 0 Å². The van der Waals surface area contributed by atoms with E-state index in [1.807, 2.05) is 36.4 Å². The summed E-state index contributed by atoms with van der Waals surface area (Å²) >= 11 is 0. The fraction of sp³-hybridized carbons (Fsp3) is 0.278. The van der Waals surface area contributed by atoms with Gasteiger partial charge in [0.25, 0.3) is 5.91 Å². The summed E-state index contributed by atoms with van der Waals surface area (Å²) in [6.45, 7) is 3.30. The third-order valence-electron chi connectivity index (χ3n) is 3.53. The average Bonchev–Trinajstić information content (AvgIpc) is 2.54. The zero-order valence-corrected chi connectivity index (χ0v) is 12.4. The molecule has 0 spiro atoms. The van der Waals surface area contributed by atoms with E-state index in [4.69, 9.17) is 5.73 Å². The molecule has 0 aliphatic heterocycles. The summed E-state index contributed by atoms with van der Waals surface area (Å²) in [7, 11) is 0. The maximum absolute atomic E-state index is 12.1. The Morgan fingerprint density at radius 3 is 2.10 bits per heavy atom. The topological polar surface area (TPSA) is 55.1 Å². The van der Waals surface area contributed by atoms with Crippen molar-refractivity contribution in [3.8, 4) is 0 Å². The summed E-state index contributed by atoms with van der Waals surface area (Å²) in [4.78, 5) is 12.1. The van der Waals surface area contributed by atoms with Crippen molar-refractivity contribution >= 4 is 5.91 Å². The molecule has 0 aromatic heterocycles. The van der Waals surface area contributed by atoms with Crippen molar-refractivity contribution in [3.63, 3.8) is 0 Å². The highest BCUT2D eigenvalue weighted by Gasteiger charge is 2.04. The van der Waals surface area contributed by atoms with Crippen molar-refractivity contribution in [2.24, 2.45) is 5.73 Å². The largest absolute Gasteiger partial charge is 0.348 e. The number of nitrogens with two attached hydrogens (primary N) is 1. The van der Waals surface area contributed by atoms with Gasteiger partial charge in [-0.3, -0.25) is 4.79 Å². The van der Waals surface area contributed by atoms with Crippen LogP contribution in [0.3, 0.4) is 0 Å². The number of hydrogen-bond acceptors (Lipinski definition) is 2. The summed E-state index contributed by atoms with van der Waals surface area (Å²) < 4.78 is 0. The molecule has 2 aromatic carbocycles. The second kappa shape index (κ2) is 7.60. The Hall–Kier alpha value is -2.13. The molecule has 0 atom stereocenters. The number of carbonyl (C=O) groups is 1. The average molecular weight is 282 g/mol. The normalized spacial score (nSPS) is 10.4. The van der Waals surface area contributed by atoms with Gasteiger partial charge in [-0.25, -0.2) is 0 Å². The second-order valence-corrected chi connectivity index (χ2v) is 5.09. The molecule has 0 saturated heterocycles. The third kappa shape index (κ3) is 4.43. The molecule has 2 aromatic rings. The Labute approximate surface area is 126 Å². The van der Waals surface area contributed by atoms with Crippen molar-refractivity contribution in [2.75, 3.05) is 6.54 Å². The van der Waals surface area contributed by atoms with Crippen LogP contribution in [0.2, 0.25) is 0 Å². The Morgan fingerprint density at radius 1 is 0.952 bits per heavy atom. The predicted molar refractivity (Wildman–Crippen MR) is 86.2 cm³/mol. The fourth-order valence-electron chi connectivity index (χ4n) is 2.17. The minimum atomic E-state index is -0.0383. The number of amides is 1. The lowest BCUT2D eigenvalue weighted by Crippen LogP contribution is -2.22. The van der Waals surface area contributed by atoms with Gasteiger partial charge < -0.3 is 11.1 Å². The van der Waals surface area contributed by atoms with Crippen LogP contribution in [0.25, 0.3) is 0 Å². The first-order valence-electron chi connectivity index (χ1n) is 7.38. The SMILES string of the molecule is CCc1ccc(C(=O)NCc2ccc(CCN)cc2)cc1. The molecule has 0 aliphatic rings. The molecule has 0 bridgehead atoms. The maximum atomic E-state index is 12.1. The first-order chi connectivity index (χ1) is 10.2. The standard InChI is InChI=1S/C18H22N2O/c1-2-14-7-9-17(10-8-14)18(21)20-13-16-5-3-15(4-6-16)11-12-19/h3-10H,2,11-13,19H2,1H3,(H,20,21).